The standard InChI is InChI=1S/C31H35FN4O3/c1-3-38-29(37)30(2)10-12-36(13-11-30)28-16-31(39-34-28)19-35(20-31)18-24-15-27(21-4-5-21)26(14-23(24)17-33)22-6-8-25(32)9-7-22/h6-9,14-15,21H,3-5,10-13,16,18-20H2,1-2H3. The fraction of sp³-hybridized carbons (Fsp3) is 0.516. The number of oxime groups is 1. The van der Waals surface area contributed by atoms with Crippen LogP contribution in [0.15, 0.2) is 41.6 Å². The van der Waals surface area contributed by atoms with Crippen molar-refractivity contribution in [3.63, 3.8) is 0 Å². The molecule has 8 heteroatoms. The third kappa shape index (κ3) is 5.00. The quantitative estimate of drug-likeness (QED) is 0.478. The number of amidine groups is 1. The number of halogens is 1. The van der Waals surface area contributed by atoms with E-state index in [1.807, 2.05) is 19.9 Å². The average Bonchev–Trinajstić information content (AvgIpc) is 3.67. The molecule has 0 amide bonds. The van der Waals surface area contributed by atoms with Crippen LogP contribution in [0.1, 0.15) is 68.6 Å². The van der Waals surface area contributed by atoms with Crippen LogP contribution >= 0.6 is 0 Å². The molecule has 6 rings (SSSR count). The van der Waals surface area contributed by atoms with Gasteiger partial charge < -0.3 is 14.5 Å². The zero-order valence-electron chi connectivity index (χ0n) is 22.7. The summed E-state index contributed by atoms with van der Waals surface area (Å²) < 4.78 is 18.8. The van der Waals surface area contributed by atoms with Gasteiger partial charge in [0.2, 0.25) is 0 Å². The van der Waals surface area contributed by atoms with Gasteiger partial charge in [-0.25, -0.2) is 4.39 Å². The van der Waals surface area contributed by atoms with E-state index in [9.17, 15) is 14.4 Å². The van der Waals surface area contributed by atoms with E-state index in [1.54, 1.807) is 12.1 Å². The maximum Gasteiger partial charge on any atom is 0.311 e. The number of ether oxygens (including phenoxy) is 1. The number of nitriles is 1. The van der Waals surface area contributed by atoms with Crippen LogP contribution in [0.4, 0.5) is 4.39 Å². The summed E-state index contributed by atoms with van der Waals surface area (Å²) in [6.45, 7) is 8.01. The summed E-state index contributed by atoms with van der Waals surface area (Å²) in [5.41, 5.74) is 4.21. The number of piperidine rings is 1. The average molecular weight is 531 g/mol. The lowest BCUT2D eigenvalue weighted by Gasteiger charge is -2.46. The van der Waals surface area contributed by atoms with E-state index in [-0.39, 0.29) is 17.4 Å². The molecule has 204 valence electrons. The van der Waals surface area contributed by atoms with Crippen LogP contribution in [0.25, 0.3) is 11.1 Å². The van der Waals surface area contributed by atoms with Crippen LogP contribution in [-0.2, 0) is 20.9 Å². The van der Waals surface area contributed by atoms with Crippen molar-refractivity contribution in [3.05, 3.63) is 58.9 Å². The molecule has 0 unspecified atom stereocenters. The Bertz CT molecular complexity index is 1330. The molecule has 2 aromatic rings. The Balaban J connectivity index is 1.09. The molecule has 1 spiro atoms. The van der Waals surface area contributed by atoms with Crippen molar-refractivity contribution in [1.29, 1.82) is 5.26 Å². The molecule has 0 radical (unpaired) electrons. The van der Waals surface area contributed by atoms with Gasteiger partial charge in [-0.1, -0.05) is 23.4 Å². The van der Waals surface area contributed by atoms with Gasteiger partial charge in [0.1, 0.15) is 11.7 Å². The Morgan fingerprint density at radius 2 is 1.92 bits per heavy atom. The highest BCUT2D eigenvalue weighted by Gasteiger charge is 2.51. The molecule has 2 saturated heterocycles. The van der Waals surface area contributed by atoms with Gasteiger partial charge >= 0.3 is 5.97 Å². The maximum atomic E-state index is 13.5. The number of carbonyl (C=O) groups is 1. The highest BCUT2D eigenvalue weighted by atomic mass is 19.1. The summed E-state index contributed by atoms with van der Waals surface area (Å²) in [4.78, 5) is 22.9. The van der Waals surface area contributed by atoms with E-state index >= 15 is 0 Å². The second-order valence-electron chi connectivity index (χ2n) is 11.9. The van der Waals surface area contributed by atoms with Gasteiger partial charge in [0, 0.05) is 32.7 Å². The Morgan fingerprint density at radius 3 is 2.56 bits per heavy atom. The van der Waals surface area contributed by atoms with Gasteiger partial charge in [-0.2, -0.15) is 5.26 Å². The SMILES string of the molecule is CCOC(=O)C1(C)CCN(C2=NOC3(C2)CN(Cc2cc(C4CC4)c(-c4ccc(F)cc4)cc2C#N)C3)CC1. The van der Waals surface area contributed by atoms with Gasteiger partial charge in [-0.05, 0) is 85.9 Å². The predicted octanol–water partition coefficient (Wildman–Crippen LogP) is 5.20. The lowest BCUT2D eigenvalue weighted by Crippen LogP contribution is -2.61. The minimum atomic E-state index is -0.429. The molecule has 1 aliphatic carbocycles. The number of hydrogen-bond acceptors (Lipinski definition) is 7. The second-order valence-corrected chi connectivity index (χ2v) is 11.9. The molecule has 39 heavy (non-hydrogen) atoms. The van der Waals surface area contributed by atoms with Crippen molar-refractivity contribution in [3.8, 4) is 17.2 Å². The Morgan fingerprint density at radius 1 is 1.21 bits per heavy atom. The predicted molar refractivity (Wildman–Crippen MR) is 145 cm³/mol. The fourth-order valence-corrected chi connectivity index (χ4v) is 6.24. The third-order valence-electron chi connectivity index (χ3n) is 8.81. The minimum Gasteiger partial charge on any atom is -0.466 e. The molecule has 0 atom stereocenters. The van der Waals surface area contributed by atoms with Gasteiger partial charge in [-0.3, -0.25) is 9.69 Å². The van der Waals surface area contributed by atoms with Crippen LogP contribution in [0.5, 0.6) is 0 Å². The first-order chi connectivity index (χ1) is 18.8. The molecule has 3 heterocycles. The minimum absolute atomic E-state index is 0.104. The van der Waals surface area contributed by atoms with Crippen LogP contribution in [0.2, 0.25) is 0 Å². The second kappa shape index (κ2) is 9.95. The number of hydrogen-bond donors (Lipinski definition) is 0. The van der Waals surface area contributed by atoms with Crippen LogP contribution in [-0.4, -0.2) is 60.0 Å². The third-order valence-corrected chi connectivity index (χ3v) is 8.81. The van der Waals surface area contributed by atoms with E-state index in [0.29, 0.717) is 24.6 Å². The summed E-state index contributed by atoms with van der Waals surface area (Å²) in [7, 11) is 0. The molecular weight excluding hydrogens is 495 g/mol. The normalized spacial score (nSPS) is 21.6. The Labute approximate surface area is 229 Å². The number of nitrogens with zero attached hydrogens (tertiary/aromatic N) is 4. The first kappa shape index (κ1) is 25.8. The van der Waals surface area contributed by atoms with Crippen LogP contribution in [0.3, 0.4) is 0 Å². The van der Waals surface area contributed by atoms with Crippen molar-refractivity contribution in [2.45, 2.75) is 64.0 Å². The van der Waals surface area contributed by atoms with Crippen molar-refractivity contribution in [2.24, 2.45) is 10.6 Å². The van der Waals surface area contributed by atoms with E-state index < -0.39 is 5.41 Å². The van der Waals surface area contributed by atoms with E-state index in [0.717, 1.165) is 80.8 Å². The summed E-state index contributed by atoms with van der Waals surface area (Å²) in [6, 6.07) is 13.1. The summed E-state index contributed by atoms with van der Waals surface area (Å²) in [6.07, 6.45) is 4.56. The molecule has 0 aromatic heterocycles. The molecule has 0 N–H and O–H groups in total. The molecule has 2 aromatic carbocycles. The zero-order chi connectivity index (χ0) is 27.2. The molecule has 3 fully saturated rings. The van der Waals surface area contributed by atoms with E-state index in [4.69, 9.17) is 9.57 Å². The monoisotopic (exact) mass is 530 g/mol. The van der Waals surface area contributed by atoms with Crippen molar-refractivity contribution in [2.75, 3.05) is 32.8 Å². The van der Waals surface area contributed by atoms with Gasteiger partial charge in [0.15, 0.2) is 5.60 Å². The first-order valence-electron chi connectivity index (χ1n) is 14.0. The summed E-state index contributed by atoms with van der Waals surface area (Å²) in [5.74, 6) is 1.11. The molecule has 4 aliphatic rings. The first-order valence-corrected chi connectivity index (χ1v) is 14.0. The van der Waals surface area contributed by atoms with Crippen LogP contribution in [0, 0.1) is 22.6 Å². The highest BCUT2D eigenvalue weighted by Crippen LogP contribution is 2.46. The summed E-state index contributed by atoms with van der Waals surface area (Å²) in [5, 5.41) is 14.4. The van der Waals surface area contributed by atoms with Gasteiger partial charge in [0.05, 0.1) is 30.1 Å². The van der Waals surface area contributed by atoms with E-state index in [2.05, 4.69) is 27.1 Å². The molecule has 1 saturated carbocycles. The highest BCUT2D eigenvalue weighted by molar-refractivity contribution is 5.85. The smallest absolute Gasteiger partial charge is 0.311 e. The zero-order valence-corrected chi connectivity index (χ0v) is 22.7. The van der Waals surface area contributed by atoms with Crippen LogP contribution < -0.4 is 0 Å². The summed E-state index contributed by atoms with van der Waals surface area (Å²) >= 11 is 0. The Hall–Kier alpha value is -3.44. The van der Waals surface area contributed by atoms with Gasteiger partial charge in [-0.15, -0.1) is 0 Å². The molecule has 3 aliphatic heterocycles. The number of carbonyl (C=O) groups excluding carboxylic acids is 1. The Kier molecular flexibility index (Phi) is 6.58. The molecule has 7 nitrogen and oxygen atoms in total. The lowest BCUT2D eigenvalue weighted by atomic mass is 9.80. The fourth-order valence-electron chi connectivity index (χ4n) is 6.24. The molecular formula is C31H35FN4O3. The lowest BCUT2D eigenvalue weighted by molar-refractivity contribution is -0.156. The maximum absolute atomic E-state index is 13.5. The largest absolute Gasteiger partial charge is 0.466 e. The number of benzene rings is 2. The van der Waals surface area contributed by atoms with Crippen molar-refractivity contribution >= 4 is 11.8 Å². The molecule has 0 bridgehead atoms. The van der Waals surface area contributed by atoms with Gasteiger partial charge in [0.25, 0.3) is 0 Å². The number of rotatable bonds is 6. The van der Waals surface area contributed by atoms with Crippen molar-refractivity contribution in [1.82, 2.24) is 9.80 Å². The van der Waals surface area contributed by atoms with Crippen molar-refractivity contribution < 1.29 is 18.8 Å². The van der Waals surface area contributed by atoms with E-state index in [1.165, 1.54) is 17.7 Å². The number of likely N-dealkylation sites (tertiary alicyclic amines) is 2. The topological polar surface area (TPSA) is 78.2 Å². The number of esters is 1.